The molecule has 0 aromatic rings. The third-order valence-electron chi connectivity index (χ3n) is 3.82. The SMILES string of the molecule is CC1CC(N2CCCC(CCN)C2)CS1. The van der Waals surface area contributed by atoms with Crippen LogP contribution in [0.1, 0.15) is 32.6 Å². The molecule has 0 spiro atoms. The molecule has 2 heterocycles. The largest absolute Gasteiger partial charge is 0.330 e. The van der Waals surface area contributed by atoms with E-state index in [0.717, 1.165) is 23.8 Å². The van der Waals surface area contributed by atoms with Gasteiger partial charge in [-0.15, -0.1) is 0 Å². The number of nitrogens with two attached hydrogens (primary N) is 1. The van der Waals surface area contributed by atoms with Crippen LogP contribution in [0.15, 0.2) is 0 Å². The quantitative estimate of drug-likeness (QED) is 0.800. The first-order valence-electron chi connectivity index (χ1n) is 6.35. The molecule has 15 heavy (non-hydrogen) atoms. The molecule has 2 saturated heterocycles. The molecule has 0 aromatic carbocycles. The van der Waals surface area contributed by atoms with Crippen LogP contribution < -0.4 is 5.73 Å². The predicted octanol–water partition coefficient (Wildman–Crippen LogP) is 1.94. The fourth-order valence-corrected chi connectivity index (χ4v) is 4.21. The third-order valence-corrected chi connectivity index (χ3v) is 5.16. The van der Waals surface area contributed by atoms with E-state index in [9.17, 15) is 0 Å². The minimum absolute atomic E-state index is 0.866. The van der Waals surface area contributed by atoms with Crippen molar-refractivity contribution in [3.05, 3.63) is 0 Å². The summed E-state index contributed by atoms with van der Waals surface area (Å²) < 4.78 is 0. The highest BCUT2D eigenvalue weighted by molar-refractivity contribution is 8.00. The summed E-state index contributed by atoms with van der Waals surface area (Å²) in [5.74, 6) is 2.24. The van der Waals surface area contributed by atoms with Crippen molar-refractivity contribution in [3.63, 3.8) is 0 Å². The maximum atomic E-state index is 5.66. The second-order valence-corrected chi connectivity index (χ2v) is 6.59. The Balaban J connectivity index is 1.81. The van der Waals surface area contributed by atoms with Crippen molar-refractivity contribution in [1.29, 1.82) is 0 Å². The van der Waals surface area contributed by atoms with Gasteiger partial charge in [0, 0.05) is 23.6 Å². The third kappa shape index (κ3) is 3.11. The van der Waals surface area contributed by atoms with Gasteiger partial charge in [0.05, 0.1) is 0 Å². The van der Waals surface area contributed by atoms with E-state index in [1.54, 1.807) is 0 Å². The summed E-state index contributed by atoms with van der Waals surface area (Å²) in [4.78, 5) is 2.74. The van der Waals surface area contributed by atoms with E-state index in [2.05, 4.69) is 23.6 Å². The van der Waals surface area contributed by atoms with Gasteiger partial charge in [-0.1, -0.05) is 6.92 Å². The maximum Gasteiger partial charge on any atom is 0.0197 e. The van der Waals surface area contributed by atoms with E-state index in [0.29, 0.717) is 0 Å². The highest BCUT2D eigenvalue weighted by atomic mass is 32.2. The second kappa shape index (κ2) is 5.55. The lowest BCUT2D eigenvalue weighted by atomic mass is 9.93. The number of likely N-dealkylation sites (tertiary alicyclic amines) is 1. The van der Waals surface area contributed by atoms with E-state index < -0.39 is 0 Å². The van der Waals surface area contributed by atoms with Crippen molar-refractivity contribution < 1.29 is 0 Å². The zero-order valence-electron chi connectivity index (χ0n) is 9.82. The minimum atomic E-state index is 0.866. The van der Waals surface area contributed by atoms with Crippen LogP contribution >= 0.6 is 11.8 Å². The Labute approximate surface area is 98.0 Å². The van der Waals surface area contributed by atoms with Gasteiger partial charge in [0.15, 0.2) is 0 Å². The smallest absolute Gasteiger partial charge is 0.0197 e. The van der Waals surface area contributed by atoms with Gasteiger partial charge < -0.3 is 5.73 Å². The van der Waals surface area contributed by atoms with Crippen molar-refractivity contribution in [3.8, 4) is 0 Å². The fraction of sp³-hybridized carbons (Fsp3) is 1.00. The summed E-state index contributed by atoms with van der Waals surface area (Å²) in [5, 5.41) is 0.880. The average molecular weight is 228 g/mol. The summed E-state index contributed by atoms with van der Waals surface area (Å²) in [7, 11) is 0. The normalized spacial score (nSPS) is 38.4. The zero-order valence-corrected chi connectivity index (χ0v) is 10.6. The molecular weight excluding hydrogens is 204 g/mol. The van der Waals surface area contributed by atoms with Gasteiger partial charge in [0.1, 0.15) is 0 Å². The lowest BCUT2D eigenvalue weighted by Crippen LogP contribution is -2.43. The molecule has 2 N–H and O–H groups in total. The number of hydrogen-bond acceptors (Lipinski definition) is 3. The summed E-state index contributed by atoms with van der Waals surface area (Å²) in [5.41, 5.74) is 5.66. The first-order chi connectivity index (χ1) is 7.29. The summed E-state index contributed by atoms with van der Waals surface area (Å²) in [6, 6.07) is 0.866. The van der Waals surface area contributed by atoms with E-state index in [-0.39, 0.29) is 0 Å². The predicted molar refractivity (Wildman–Crippen MR) is 68.3 cm³/mol. The van der Waals surface area contributed by atoms with Gasteiger partial charge in [-0.2, -0.15) is 11.8 Å². The minimum Gasteiger partial charge on any atom is -0.330 e. The van der Waals surface area contributed by atoms with Crippen LogP contribution in [0.3, 0.4) is 0 Å². The molecule has 3 heteroatoms. The molecule has 0 amide bonds. The highest BCUT2D eigenvalue weighted by Gasteiger charge is 2.30. The molecule has 2 rings (SSSR count). The molecule has 0 aliphatic carbocycles. The van der Waals surface area contributed by atoms with Gasteiger partial charge in [-0.25, -0.2) is 0 Å². The first-order valence-corrected chi connectivity index (χ1v) is 7.40. The van der Waals surface area contributed by atoms with Crippen molar-refractivity contribution in [2.24, 2.45) is 11.7 Å². The van der Waals surface area contributed by atoms with Crippen LogP contribution in [0.2, 0.25) is 0 Å². The molecule has 0 saturated carbocycles. The molecular formula is C12H24N2S. The number of piperidine rings is 1. The number of nitrogens with zero attached hydrogens (tertiary/aromatic N) is 1. The summed E-state index contributed by atoms with van der Waals surface area (Å²) >= 11 is 2.15. The van der Waals surface area contributed by atoms with Crippen LogP contribution in [-0.2, 0) is 0 Å². The van der Waals surface area contributed by atoms with Gasteiger partial charge >= 0.3 is 0 Å². The summed E-state index contributed by atoms with van der Waals surface area (Å²) in [6.07, 6.45) is 5.43. The van der Waals surface area contributed by atoms with Gasteiger partial charge in [0.25, 0.3) is 0 Å². The van der Waals surface area contributed by atoms with Gasteiger partial charge in [0.2, 0.25) is 0 Å². The average Bonchev–Trinajstić information content (AvgIpc) is 2.66. The highest BCUT2D eigenvalue weighted by Crippen LogP contribution is 2.32. The van der Waals surface area contributed by atoms with E-state index in [1.165, 1.54) is 44.5 Å². The molecule has 0 radical (unpaired) electrons. The van der Waals surface area contributed by atoms with E-state index in [4.69, 9.17) is 5.73 Å². The van der Waals surface area contributed by atoms with E-state index >= 15 is 0 Å². The van der Waals surface area contributed by atoms with Crippen molar-refractivity contribution in [2.45, 2.75) is 43.9 Å². The number of hydrogen-bond donors (Lipinski definition) is 1. The van der Waals surface area contributed by atoms with Crippen LogP contribution in [0.5, 0.6) is 0 Å². The molecule has 2 nitrogen and oxygen atoms in total. The van der Waals surface area contributed by atoms with Crippen LogP contribution in [-0.4, -0.2) is 41.6 Å². The standard InChI is InChI=1S/C12H24N2S/c1-10-7-12(9-15-10)14-6-2-3-11(8-14)4-5-13/h10-12H,2-9,13H2,1H3. The lowest BCUT2D eigenvalue weighted by Gasteiger charge is -2.36. The van der Waals surface area contributed by atoms with Crippen LogP contribution in [0, 0.1) is 5.92 Å². The molecule has 2 aliphatic rings. The Bertz CT molecular complexity index is 196. The number of rotatable bonds is 3. The Hall–Kier alpha value is 0.270. The van der Waals surface area contributed by atoms with Crippen molar-refractivity contribution in [1.82, 2.24) is 4.90 Å². The number of thioether (sulfide) groups is 1. The van der Waals surface area contributed by atoms with Crippen LogP contribution in [0.25, 0.3) is 0 Å². The Morgan fingerprint density at radius 2 is 2.33 bits per heavy atom. The van der Waals surface area contributed by atoms with Gasteiger partial charge in [-0.3, -0.25) is 4.90 Å². The van der Waals surface area contributed by atoms with Crippen molar-refractivity contribution in [2.75, 3.05) is 25.4 Å². The van der Waals surface area contributed by atoms with E-state index in [1.807, 2.05) is 0 Å². The molecule has 3 atom stereocenters. The van der Waals surface area contributed by atoms with Gasteiger partial charge in [-0.05, 0) is 44.7 Å². The first kappa shape index (κ1) is 11.7. The lowest BCUT2D eigenvalue weighted by molar-refractivity contribution is 0.129. The van der Waals surface area contributed by atoms with Crippen molar-refractivity contribution >= 4 is 11.8 Å². The summed E-state index contributed by atoms with van der Waals surface area (Å²) in [6.45, 7) is 5.88. The Morgan fingerprint density at radius 3 is 3.00 bits per heavy atom. The molecule has 2 fully saturated rings. The molecule has 88 valence electrons. The molecule has 0 aromatic heterocycles. The topological polar surface area (TPSA) is 29.3 Å². The second-order valence-electron chi connectivity index (χ2n) is 5.11. The maximum absolute atomic E-state index is 5.66. The monoisotopic (exact) mass is 228 g/mol. The Kier molecular flexibility index (Phi) is 4.35. The van der Waals surface area contributed by atoms with Crippen LogP contribution in [0.4, 0.5) is 0 Å². The zero-order chi connectivity index (χ0) is 10.7. The Morgan fingerprint density at radius 1 is 1.47 bits per heavy atom. The fourth-order valence-electron chi connectivity index (χ4n) is 2.95. The molecule has 2 aliphatic heterocycles. The molecule has 3 unspecified atom stereocenters. The molecule has 0 bridgehead atoms.